The van der Waals surface area contributed by atoms with Crippen LogP contribution >= 0.6 is 38.5 Å². The second-order valence-electron chi connectivity index (χ2n) is 3.17. The van der Waals surface area contributed by atoms with Gasteiger partial charge >= 0.3 is 12.3 Å². The third-order valence-electron chi connectivity index (χ3n) is 1.85. The molecule has 0 spiro atoms. The highest BCUT2D eigenvalue weighted by Gasteiger charge is 2.34. The predicted octanol–water partition coefficient (Wildman–Crippen LogP) is 3.66. The Labute approximate surface area is 128 Å². The second kappa shape index (κ2) is 6.73. The smallest absolute Gasteiger partial charge is 0.462 e. The molecule has 1 heterocycles. The van der Waals surface area contributed by atoms with E-state index in [9.17, 15) is 18.0 Å². The molecule has 9 heteroatoms. The Morgan fingerprint density at radius 1 is 1.53 bits per heavy atom. The Balaban J connectivity index is 3.26. The fourth-order valence-corrected chi connectivity index (χ4v) is 2.72. The molecule has 0 atom stereocenters. The van der Waals surface area contributed by atoms with E-state index in [4.69, 9.17) is 0 Å². The number of alkyl halides is 4. The van der Waals surface area contributed by atoms with E-state index in [-0.39, 0.29) is 17.5 Å². The SMILES string of the molecule is CCOC(=O)c1cc(I)c(CBr)nc1OC(F)(F)F. The van der Waals surface area contributed by atoms with E-state index in [1.807, 2.05) is 22.6 Å². The molecule has 1 aromatic heterocycles. The van der Waals surface area contributed by atoms with E-state index in [0.717, 1.165) is 0 Å². The molecule has 0 N–H and O–H groups in total. The standard InChI is InChI=1S/C10H8BrF3INO3/c1-2-18-9(17)5-3-6(15)7(4-11)16-8(5)19-10(12,13)14/h3H,2,4H2,1H3. The van der Waals surface area contributed by atoms with Crippen molar-refractivity contribution in [2.24, 2.45) is 0 Å². The number of halogens is 5. The molecule has 0 bridgehead atoms. The molecule has 0 aliphatic heterocycles. The largest absolute Gasteiger partial charge is 0.574 e. The van der Waals surface area contributed by atoms with Crippen molar-refractivity contribution in [3.63, 3.8) is 0 Å². The Hall–Kier alpha value is -0.580. The van der Waals surface area contributed by atoms with Gasteiger partial charge in [0.1, 0.15) is 5.56 Å². The van der Waals surface area contributed by atoms with Crippen LogP contribution in [0.1, 0.15) is 23.0 Å². The summed E-state index contributed by atoms with van der Waals surface area (Å²) in [5, 5.41) is 0.239. The highest BCUT2D eigenvalue weighted by Crippen LogP contribution is 2.28. The van der Waals surface area contributed by atoms with E-state index < -0.39 is 18.2 Å². The number of nitrogens with zero attached hydrogens (tertiary/aromatic N) is 1. The molecule has 1 aromatic rings. The molecule has 0 aliphatic carbocycles. The highest BCUT2D eigenvalue weighted by molar-refractivity contribution is 14.1. The number of esters is 1. The minimum Gasteiger partial charge on any atom is -0.462 e. The Bertz CT molecular complexity index is 482. The average Bonchev–Trinajstić information content (AvgIpc) is 2.29. The maximum Gasteiger partial charge on any atom is 0.574 e. The van der Waals surface area contributed by atoms with Gasteiger partial charge in [-0.15, -0.1) is 13.2 Å². The predicted molar refractivity (Wildman–Crippen MR) is 72.2 cm³/mol. The van der Waals surface area contributed by atoms with Gasteiger partial charge in [0.25, 0.3) is 0 Å². The number of carbonyl (C=O) groups is 1. The van der Waals surface area contributed by atoms with Gasteiger partial charge in [-0.2, -0.15) is 0 Å². The number of pyridine rings is 1. The fraction of sp³-hybridized carbons (Fsp3) is 0.400. The molecule has 1 rings (SSSR count). The van der Waals surface area contributed by atoms with E-state index in [0.29, 0.717) is 9.26 Å². The lowest BCUT2D eigenvalue weighted by atomic mass is 10.2. The maximum atomic E-state index is 12.3. The molecule has 106 valence electrons. The summed E-state index contributed by atoms with van der Waals surface area (Å²) in [4.78, 5) is 15.3. The summed E-state index contributed by atoms with van der Waals surface area (Å²) >= 11 is 4.96. The third kappa shape index (κ3) is 4.79. The number of hydrogen-bond donors (Lipinski definition) is 0. The van der Waals surface area contributed by atoms with Gasteiger partial charge in [-0.3, -0.25) is 0 Å². The van der Waals surface area contributed by atoms with Gasteiger partial charge in [0, 0.05) is 8.90 Å². The lowest BCUT2D eigenvalue weighted by Crippen LogP contribution is -2.21. The number of hydrogen-bond acceptors (Lipinski definition) is 4. The van der Waals surface area contributed by atoms with Gasteiger partial charge in [0.2, 0.25) is 5.88 Å². The molecule has 0 unspecified atom stereocenters. The van der Waals surface area contributed by atoms with E-state index in [2.05, 4.69) is 30.4 Å². The lowest BCUT2D eigenvalue weighted by Gasteiger charge is -2.13. The number of rotatable bonds is 4. The third-order valence-corrected chi connectivity index (χ3v) is 3.31. The summed E-state index contributed by atoms with van der Waals surface area (Å²) < 4.78 is 45.8. The van der Waals surface area contributed by atoms with Crippen LogP contribution in [0.5, 0.6) is 5.88 Å². The summed E-state index contributed by atoms with van der Waals surface area (Å²) in [5.74, 6) is -1.71. The maximum absolute atomic E-state index is 12.3. The highest BCUT2D eigenvalue weighted by atomic mass is 127. The molecule has 0 saturated carbocycles. The summed E-state index contributed by atoms with van der Waals surface area (Å²) in [6, 6.07) is 1.25. The zero-order valence-corrected chi connectivity index (χ0v) is 13.3. The monoisotopic (exact) mass is 453 g/mol. The van der Waals surface area contributed by atoms with E-state index in [1.165, 1.54) is 6.07 Å². The molecule has 0 aromatic carbocycles. The van der Waals surface area contributed by atoms with Crippen LogP contribution in [0.15, 0.2) is 6.07 Å². The van der Waals surface area contributed by atoms with Crippen molar-refractivity contribution in [2.75, 3.05) is 6.61 Å². The Morgan fingerprint density at radius 3 is 2.63 bits per heavy atom. The molecule has 19 heavy (non-hydrogen) atoms. The summed E-state index contributed by atoms with van der Waals surface area (Å²) in [6.45, 7) is 1.59. The average molecular weight is 454 g/mol. The van der Waals surface area contributed by atoms with Crippen LogP contribution in [0.2, 0.25) is 0 Å². The molecular weight excluding hydrogens is 446 g/mol. The van der Waals surface area contributed by atoms with E-state index >= 15 is 0 Å². The first-order chi connectivity index (χ1) is 8.78. The van der Waals surface area contributed by atoms with Crippen LogP contribution in [0.3, 0.4) is 0 Å². The van der Waals surface area contributed by atoms with Crippen LogP contribution in [0.4, 0.5) is 13.2 Å². The summed E-state index contributed by atoms with van der Waals surface area (Å²) in [5.41, 5.74) is -0.0128. The Kier molecular flexibility index (Phi) is 5.83. The fourth-order valence-electron chi connectivity index (χ4n) is 1.14. The van der Waals surface area contributed by atoms with Crippen molar-refractivity contribution in [2.45, 2.75) is 18.6 Å². The van der Waals surface area contributed by atoms with Gasteiger partial charge in [-0.05, 0) is 35.6 Å². The molecule has 0 radical (unpaired) electrons. The first kappa shape index (κ1) is 16.5. The zero-order valence-electron chi connectivity index (χ0n) is 9.55. The van der Waals surface area contributed by atoms with Gasteiger partial charge in [-0.25, -0.2) is 9.78 Å². The number of ether oxygens (including phenoxy) is 2. The summed E-state index contributed by atoms with van der Waals surface area (Å²) in [6.07, 6.45) is -4.93. The summed E-state index contributed by atoms with van der Waals surface area (Å²) in [7, 11) is 0. The van der Waals surface area contributed by atoms with Crippen LogP contribution in [0, 0.1) is 3.57 Å². The Morgan fingerprint density at radius 2 is 2.16 bits per heavy atom. The van der Waals surface area contributed by atoms with Crippen LogP contribution in [0.25, 0.3) is 0 Å². The first-order valence-corrected chi connectivity index (χ1v) is 7.16. The van der Waals surface area contributed by atoms with Gasteiger partial charge < -0.3 is 9.47 Å². The van der Waals surface area contributed by atoms with Crippen LogP contribution in [-0.2, 0) is 10.1 Å². The van der Waals surface area contributed by atoms with Crippen molar-refractivity contribution < 1.29 is 27.4 Å². The molecule has 0 amide bonds. The van der Waals surface area contributed by atoms with Crippen LogP contribution in [-0.4, -0.2) is 23.9 Å². The van der Waals surface area contributed by atoms with Crippen molar-refractivity contribution in [3.05, 3.63) is 20.9 Å². The minimum absolute atomic E-state index is 0.0427. The van der Waals surface area contributed by atoms with Gasteiger partial charge in [0.05, 0.1) is 12.3 Å². The molecule has 0 fully saturated rings. The minimum atomic E-state index is -4.93. The van der Waals surface area contributed by atoms with Crippen molar-refractivity contribution in [3.8, 4) is 5.88 Å². The van der Waals surface area contributed by atoms with Crippen molar-refractivity contribution in [1.29, 1.82) is 0 Å². The molecule has 0 saturated heterocycles. The second-order valence-corrected chi connectivity index (χ2v) is 4.89. The van der Waals surface area contributed by atoms with Crippen LogP contribution < -0.4 is 4.74 Å². The topological polar surface area (TPSA) is 48.4 Å². The molecule has 0 aliphatic rings. The van der Waals surface area contributed by atoms with Gasteiger partial charge in [-0.1, -0.05) is 15.9 Å². The quantitative estimate of drug-likeness (QED) is 0.396. The van der Waals surface area contributed by atoms with E-state index in [1.54, 1.807) is 6.92 Å². The number of carbonyl (C=O) groups excluding carboxylic acids is 1. The van der Waals surface area contributed by atoms with Crippen molar-refractivity contribution >= 4 is 44.5 Å². The molecule has 4 nitrogen and oxygen atoms in total. The first-order valence-electron chi connectivity index (χ1n) is 4.96. The van der Waals surface area contributed by atoms with Crippen molar-refractivity contribution in [1.82, 2.24) is 4.98 Å². The molecular formula is C10H8BrF3INO3. The normalized spacial score (nSPS) is 11.3. The van der Waals surface area contributed by atoms with Gasteiger partial charge in [0.15, 0.2) is 0 Å². The lowest BCUT2D eigenvalue weighted by molar-refractivity contribution is -0.276. The zero-order chi connectivity index (χ0) is 14.6. The number of aromatic nitrogens is 1.